The standard InChI is InChI=1S/C24H16N2OS2/c27-22(19-14-8-3-9-15-19)25-23-21(18-12-6-2-7-13-18)26-20(16-28-24(26)29-23)17-10-4-1-5-11-17/h1-16H/p+1. The minimum absolute atomic E-state index is 0.0986. The predicted molar refractivity (Wildman–Crippen MR) is 121 cm³/mol. The molecule has 0 aliphatic rings. The predicted octanol–water partition coefficient (Wildman–Crippen LogP) is 6.13. The molecule has 5 rings (SSSR count). The van der Waals surface area contributed by atoms with E-state index in [0.29, 0.717) is 5.56 Å². The van der Waals surface area contributed by atoms with Crippen molar-refractivity contribution in [3.63, 3.8) is 0 Å². The molecule has 0 bridgehead atoms. The molecule has 0 atom stereocenters. The molecular weight excluding hydrogens is 396 g/mol. The van der Waals surface area contributed by atoms with Crippen LogP contribution in [0, 0.1) is 0 Å². The highest BCUT2D eigenvalue weighted by Gasteiger charge is 2.29. The highest BCUT2D eigenvalue weighted by molar-refractivity contribution is 7.37. The molecule has 3 aromatic carbocycles. The first-order chi connectivity index (χ1) is 14.3. The smallest absolute Gasteiger partial charge is 0.308 e. The summed E-state index contributed by atoms with van der Waals surface area (Å²) in [5.74, 6) is -0.0986. The fourth-order valence-corrected chi connectivity index (χ4v) is 5.58. The summed E-state index contributed by atoms with van der Waals surface area (Å²) in [6.45, 7) is 0. The lowest BCUT2D eigenvalue weighted by molar-refractivity contribution is -0.477. The van der Waals surface area contributed by atoms with Gasteiger partial charge < -0.3 is 5.32 Å². The Balaban J connectivity index is 1.68. The van der Waals surface area contributed by atoms with E-state index in [1.54, 1.807) is 22.7 Å². The summed E-state index contributed by atoms with van der Waals surface area (Å²) >= 11 is 3.30. The Morgan fingerprint density at radius 3 is 2.00 bits per heavy atom. The molecule has 0 saturated carbocycles. The maximum Gasteiger partial charge on any atom is 0.328 e. The van der Waals surface area contributed by atoms with Gasteiger partial charge in [0.25, 0.3) is 11.6 Å². The van der Waals surface area contributed by atoms with Gasteiger partial charge in [-0.15, -0.1) is 4.40 Å². The number of aromatic nitrogens is 1. The molecule has 0 aliphatic carbocycles. The number of rotatable bonds is 4. The highest BCUT2D eigenvalue weighted by Crippen LogP contribution is 2.37. The molecule has 2 heterocycles. The van der Waals surface area contributed by atoms with Crippen LogP contribution in [0.5, 0.6) is 0 Å². The van der Waals surface area contributed by atoms with Gasteiger partial charge in [-0.05, 0) is 47.7 Å². The molecule has 0 aliphatic heterocycles. The molecule has 1 N–H and O–H groups in total. The lowest BCUT2D eigenvalue weighted by atomic mass is 10.1. The van der Waals surface area contributed by atoms with Crippen LogP contribution in [0.3, 0.4) is 0 Å². The summed E-state index contributed by atoms with van der Waals surface area (Å²) in [7, 11) is 0. The average Bonchev–Trinajstić information content (AvgIpc) is 3.34. The topological polar surface area (TPSA) is 33.2 Å². The van der Waals surface area contributed by atoms with Crippen molar-refractivity contribution in [1.82, 2.24) is 0 Å². The van der Waals surface area contributed by atoms with Gasteiger partial charge in [-0.1, -0.05) is 65.9 Å². The second-order valence-electron chi connectivity index (χ2n) is 6.55. The van der Waals surface area contributed by atoms with Crippen LogP contribution in [0.1, 0.15) is 10.4 Å². The summed E-state index contributed by atoms with van der Waals surface area (Å²) < 4.78 is 3.38. The van der Waals surface area contributed by atoms with E-state index in [0.717, 1.165) is 31.7 Å². The molecule has 3 nitrogen and oxygen atoms in total. The van der Waals surface area contributed by atoms with E-state index in [1.807, 2.05) is 66.7 Å². The molecule has 29 heavy (non-hydrogen) atoms. The van der Waals surface area contributed by atoms with Gasteiger partial charge in [-0.2, -0.15) is 0 Å². The molecule has 1 amide bonds. The van der Waals surface area contributed by atoms with Crippen molar-refractivity contribution in [2.45, 2.75) is 0 Å². The Kier molecular flexibility index (Phi) is 4.68. The Bertz CT molecular complexity index is 1280. The van der Waals surface area contributed by atoms with E-state index >= 15 is 0 Å². The van der Waals surface area contributed by atoms with Gasteiger partial charge in [0, 0.05) is 16.7 Å². The Morgan fingerprint density at radius 1 is 0.759 bits per heavy atom. The van der Waals surface area contributed by atoms with Gasteiger partial charge in [0.05, 0.1) is 5.38 Å². The van der Waals surface area contributed by atoms with Crippen molar-refractivity contribution >= 4 is 37.7 Å². The Morgan fingerprint density at radius 2 is 1.34 bits per heavy atom. The number of amides is 1. The van der Waals surface area contributed by atoms with Crippen LogP contribution in [0.4, 0.5) is 5.00 Å². The van der Waals surface area contributed by atoms with Crippen molar-refractivity contribution in [3.8, 4) is 22.5 Å². The first-order valence-electron chi connectivity index (χ1n) is 9.24. The number of nitrogens with one attached hydrogen (secondary N) is 1. The molecule has 5 aromatic rings. The first kappa shape index (κ1) is 17.8. The van der Waals surface area contributed by atoms with Crippen LogP contribution in [0.2, 0.25) is 0 Å². The molecule has 140 valence electrons. The number of fused-ring (bicyclic) bond motifs is 1. The number of hydrogen-bond donors (Lipinski definition) is 1. The summed E-state index contributed by atoms with van der Waals surface area (Å²) in [5, 5.41) is 6.18. The van der Waals surface area contributed by atoms with Crippen molar-refractivity contribution < 1.29 is 9.20 Å². The number of carbonyl (C=O) groups is 1. The normalized spacial score (nSPS) is 10.9. The molecule has 0 fully saturated rings. The van der Waals surface area contributed by atoms with Crippen molar-refractivity contribution in [2.75, 3.05) is 5.32 Å². The third-order valence-electron chi connectivity index (χ3n) is 4.70. The molecule has 5 heteroatoms. The number of hydrogen-bond acceptors (Lipinski definition) is 3. The van der Waals surface area contributed by atoms with Gasteiger partial charge in [0.2, 0.25) is 5.69 Å². The third-order valence-corrected chi connectivity index (χ3v) is 6.82. The Labute approximate surface area is 176 Å². The largest absolute Gasteiger partial charge is 0.328 e. The fourth-order valence-electron chi connectivity index (χ4n) is 3.34. The van der Waals surface area contributed by atoms with E-state index in [9.17, 15) is 4.79 Å². The Hall–Kier alpha value is -3.28. The second kappa shape index (κ2) is 7.62. The van der Waals surface area contributed by atoms with E-state index in [4.69, 9.17) is 0 Å². The molecule has 2 aromatic heterocycles. The van der Waals surface area contributed by atoms with Gasteiger partial charge >= 0.3 is 4.14 Å². The van der Waals surface area contributed by atoms with Gasteiger partial charge in [-0.3, -0.25) is 4.79 Å². The third kappa shape index (κ3) is 3.35. The fraction of sp³-hybridized carbons (Fsp3) is 0. The van der Waals surface area contributed by atoms with Crippen molar-refractivity contribution in [3.05, 3.63) is 102 Å². The molecular formula is C24H17N2OS2+. The number of carbonyl (C=O) groups excluding carboxylic acids is 1. The zero-order chi connectivity index (χ0) is 19.6. The van der Waals surface area contributed by atoms with E-state index in [-0.39, 0.29) is 5.91 Å². The van der Waals surface area contributed by atoms with Crippen LogP contribution in [-0.2, 0) is 0 Å². The summed E-state index contributed by atoms with van der Waals surface area (Å²) in [6, 6.07) is 29.9. The average molecular weight is 414 g/mol. The zero-order valence-corrected chi connectivity index (χ0v) is 17.0. The first-order valence-corrected chi connectivity index (χ1v) is 10.9. The van der Waals surface area contributed by atoms with E-state index < -0.39 is 0 Å². The van der Waals surface area contributed by atoms with E-state index in [2.05, 4.69) is 39.4 Å². The van der Waals surface area contributed by atoms with Gasteiger partial charge in [0.15, 0.2) is 5.00 Å². The van der Waals surface area contributed by atoms with Crippen molar-refractivity contribution in [1.29, 1.82) is 0 Å². The number of anilines is 1. The maximum atomic E-state index is 12.8. The second-order valence-corrected chi connectivity index (χ2v) is 8.67. The SMILES string of the molecule is O=C(Nc1sc2scc(-c3ccccc3)[n+]2c1-c1ccccc1)c1ccccc1. The monoisotopic (exact) mass is 413 g/mol. The summed E-state index contributed by atoms with van der Waals surface area (Å²) in [5.41, 5.74) is 5.01. The van der Waals surface area contributed by atoms with Crippen LogP contribution in [0.25, 0.3) is 26.7 Å². The summed E-state index contributed by atoms with van der Waals surface area (Å²) in [6.07, 6.45) is 0. The highest BCUT2D eigenvalue weighted by atomic mass is 32.2. The van der Waals surface area contributed by atoms with Crippen LogP contribution >= 0.6 is 22.7 Å². The number of benzene rings is 3. The van der Waals surface area contributed by atoms with Gasteiger partial charge in [-0.25, -0.2) is 0 Å². The molecule has 0 spiro atoms. The van der Waals surface area contributed by atoms with Crippen LogP contribution in [-0.4, -0.2) is 5.91 Å². The molecule has 0 unspecified atom stereocenters. The minimum atomic E-state index is -0.0986. The maximum absolute atomic E-state index is 12.8. The minimum Gasteiger partial charge on any atom is -0.308 e. The quantitative estimate of drug-likeness (QED) is 0.353. The van der Waals surface area contributed by atoms with Crippen molar-refractivity contribution in [2.24, 2.45) is 0 Å². The van der Waals surface area contributed by atoms with Gasteiger partial charge in [0.1, 0.15) is 0 Å². The van der Waals surface area contributed by atoms with Crippen LogP contribution in [0.15, 0.2) is 96.4 Å². The number of nitrogens with zero attached hydrogens (tertiary/aromatic N) is 1. The molecule has 0 saturated heterocycles. The van der Waals surface area contributed by atoms with E-state index in [1.165, 1.54) is 0 Å². The molecule has 0 radical (unpaired) electrons. The lowest BCUT2D eigenvalue weighted by Gasteiger charge is -2.04. The zero-order valence-electron chi connectivity index (χ0n) is 15.4. The number of thiazole rings is 2. The summed E-state index contributed by atoms with van der Waals surface area (Å²) in [4.78, 5) is 12.8. The lowest BCUT2D eigenvalue weighted by Crippen LogP contribution is -2.23. The van der Waals surface area contributed by atoms with Crippen LogP contribution < -0.4 is 9.72 Å².